The lowest BCUT2D eigenvalue weighted by Gasteiger charge is -2.21. The standard InChI is InChI=1S/C10H13F3N2O/c11-10(12,13)5-4-9(16)15(7-1-6-14)8-2-3-8/h8H,1-5,7H2. The maximum atomic E-state index is 11.9. The fourth-order valence-corrected chi connectivity index (χ4v) is 1.46. The maximum Gasteiger partial charge on any atom is 0.389 e. The number of hydrogen-bond donors (Lipinski definition) is 0. The minimum atomic E-state index is -4.29. The second kappa shape index (κ2) is 5.19. The predicted molar refractivity (Wildman–Crippen MR) is 50.3 cm³/mol. The summed E-state index contributed by atoms with van der Waals surface area (Å²) in [4.78, 5) is 12.9. The van der Waals surface area contributed by atoms with Crippen LogP contribution in [0.1, 0.15) is 32.1 Å². The Morgan fingerprint density at radius 2 is 2.06 bits per heavy atom. The second-order valence-corrected chi connectivity index (χ2v) is 3.84. The Labute approximate surface area is 91.8 Å². The molecule has 0 aliphatic heterocycles. The van der Waals surface area contributed by atoms with Gasteiger partial charge in [-0.15, -0.1) is 0 Å². The van der Waals surface area contributed by atoms with Crippen molar-refractivity contribution in [3.63, 3.8) is 0 Å². The molecule has 0 saturated heterocycles. The topological polar surface area (TPSA) is 44.1 Å². The summed E-state index contributed by atoms with van der Waals surface area (Å²) in [5.74, 6) is -0.491. The van der Waals surface area contributed by atoms with Crippen molar-refractivity contribution in [1.82, 2.24) is 4.90 Å². The van der Waals surface area contributed by atoms with Crippen LogP contribution in [0.5, 0.6) is 0 Å². The van der Waals surface area contributed by atoms with Gasteiger partial charge in [0.05, 0.1) is 18.9 Å². The summed E-state index contributed by atoms with van der Waals surface area (Å²) in [7, 11) is 0. The van der Waals surface area contributed by atoms with Gasteiger partial charge in [-0.05, 0) is 12.8 Å². The smallest absolute Gasteiger partial charge is 0.339 e. The van der Waals surface area contributed by atoms with E-state index in [0.29, 0.717) is 0 Å². The first kappa shape index (κ1) is 12.8. The molecule has 0 aromatic rings. The van der Waals surface area contributed by atoms with Crippen LogP contribution in [-0.4, -0.2) is 29.6 Å². The maximum absolute atomic E-state index is 11.9. The van der Waals surface area contributed by atoms with Crippen LogP contribution in [0.25, 0.3) is 0 Å². The Bertz CT molecular complexity index is 291. The second-order valence-electron chi connectivity index (χ2n) is 3.84. The van der Waals surface area contributed by atoms with Gasteiger partial charge in [0.25, 0.3) is 0 Å². The first-order valence-electron chi connectivity index (χ1n) is 5.17. The van der Waals surface area contributed by atoms with Crippen LogP contribution in [0.15, 0.2) is 0 Å². The molecule has 90 valence electrons. The largest absolute Gasteiger partial charge is 0.389 e. The van der Waals surface area contributed by atoms with Gasteiger partial charge in [0.2, 0.25) is 5.91 Å². The van der Waals surface area contributed by atoms with Crippen molar-refractivity contribution in [2.45, 2.75) is 44.3 Å². The number of nitriles is 1. The number of hydrogen-bond acceptors (Lipinski definition) is 2. The van der Waals surface area contributed by atoms with Gasteiger partial charge in [0.15, 0.2) is 0 Å². The van der Waals surface area contributed by atoms with E-state index in [0.717, 1.165) is 12.8 Å². The normalized spacial score (nSPS) is 15.6. The molecule has 0 unspecified atom stereocenters. The highest BCUT2D eigenvalue weighted by Crippen LogP contribution is 2.29. The lowest BCUT2D eigenvalue weighted by Crippen LogP contribution is -2.34. The Morgan fingerprint density at radius 3 is 2.50 bits per heavy atom. The molecule has 0 atom stereocenters. The lowest BCUT2D eigenvalue weighted by atomic mass is 10.2. The van der Waals surface area contributed by atoms with E-state index in [1.54, 1.807) is 0 Å². The number of halogens is 3. The van der Waals surface area contributed by atoms with Crippen molar-refractivity contribution in [2.75, 3.05) is 6.54 Å². The lowest BCUT2D eigenvalue weighted by molar-refractivity contribution is -0.149. The Kier molecular flexibility index (Phi) is 4.16. The molecule has 1 rings (SSSR count). The molecule has 0 heterocycles. The van der Waals surface area contributed by atoms with E-state index in [2.05, 4.69) is 0 Å². The molecule has 1 amide bonds. The van der Waals surface area contributed by atoms with Crippen LogP contribution in [0, 0.1) is 11.3 Å². The summed E-state index contributed by atoms with van der Waals surface area (Å²) < 4.78 is 35.8. The zero-order valence-corrected chi connectivity index (χ0v) is 8.76. The average molecular weight is 234 g/mol. The molecular formula is C10H13F3N2O. The number of rotatable bonds is 5. The minimum absolute atomic E-state index is 0.0640. The zero-order chi connectivity index (χ0) is 12.2. The van der Waals surface area contributed by atoms with Crippen LogP contribution in [-0.2, 0) is 4.79 Å². The van der Waals surface area contributed by atoms with Crippen molar-refractivity contribution >= 4 is 5.91 Å². The molecule has 0 spiro atoms. The average Bonchev–Trinajstić information content (AvgIpc) is 2.98. The number of carbonyl (C=O) groups is 1. The van der Waals surface area contributed by atoms with Crippen molar-refractivity contribution in [1.29, 1.82) is 5.26 Å². The van der Waals surface area contributed by atoms with Gasteiger partial charge in [0.1, 0.15) is 0 Å². The predicted octanol–water partition coefficient (Wildman–Crippen LogP) is 2.23. The van der Waals surface area contributed by atoms with E-state index in [1.165, 1.54) is 4.90 Å². The highest BCUT2D eigenvalue weighted by atomic mass is 19.4. The fourth-order valence-electron chi connectivity index (χ4n) is 1.46. The Hall–Kier alpha value is -1.25. The monoisotopic (exact) mass is 234 g/mol. The van der Waals surface area contributed by atoms with Crippen molar-refractivity contribution in [3.05, 3.63) is 0 Å². The van der Waals surface area contributed by atoms with Gasteiger partial charge in [-0.3, -0.25) is 4.79 Å². The summed E-state index contributed by atoms with van der Waals surface area (Å²) in [5, 5.41) is 8.39. The van der Waals surface area contributed by atoms with Crippen LogP contribution < -0.4 is 0 Å². The SMILES string of the molecule is N#CCCN(C(=O)CCC(F)(F)F)C1CC1. The van der Waals surface area contributed by atoms with Crippen LogP contribution in [0.4, 0.5) is 13.2 Å². The summed E-state index contributed by atoms with van der Waals surface area (Å²) in [6, 6.07) is 1.96. The number of alkyl halides is 3. The third kappa shape index (κ3) is 4.51. The van der Waals surface area contributed by atoms with E-state index >= 15 is 0 Å². The summed E-state index contributed by atoms with van der Waals surface area (Å²) in [6.07, 6.45) is -4.03. The molecule has 3 nitrogen and oxygen atoms in total. The summed E-state index contributed by atoms with van der Waals surface area (Å²) in [5.41, 5.74) is 0. The minimum Gasteiger partial charge on any atom is -0.339 e. The highest BCUT2D eigenvalue weighted by molar-refractivity contribution is 5.76. The number of nitrogens with zero attached hydrogens (tertiary/aromatic N) is 2. The van der Waals surface area contributed by atoms with Crippen LogP contribution in [0.3, 0.4) is 0 Å². The van der Waals surface area contributed by atoms with E-state index in [4.69, 9.17) is 5.26 Å². The molecule has 1 saturated carbocycles. The van der Waals surface area contributed by atoms with E-state index in [1.807, 2.05) is 6.07 Å². The molecular weight excluding hydrogens is 221 g/mol. The van der Waals surface area contributed by atoms with E-state index < -0.39 is 24.9 Å². The molecule has 0 bridgehead atoms. The molecule has 6 heteroatoms. The van der Waals surface area contributed by atoms with Gasteiger partial charge in [-0.1, -0.05) is 0 Å². The molecule has 0 radical (unpaired) electrons. The fraction of sp³-hybridized carbons (Fsp3) is 0.800. The summed E-state index contributed by atoms with van der Waals surface area (Å²) >= 11 is 0. The van der Waals surface area contributed by atoms with Crippen molar-refractivity contribution < 1.29 is 18.0 Å². The third-order valence-electron chi connectivity index (χ3n) is 2.39. The molecule has 0 N–H and O–H groups in total. The van der Waals surface area contributed by atoms with Gasteiger partial charge >= 0.3 is 6.18 Å². The molecule has 1 fully saturated rings. The van der Waals surface area contributed by atoms with Crippen molar-refractivity contribution in [3.8, 4) is 6.07 Å². The first-order chi connectivity index (χ1) is 7.44. The quantitative estimate of drug-likeness (QED) is 0.732. The van der Waals surface area contributed by atoms with Crippen LogP contribution >= 0.6 is 0 Å². The van der Waals surface area contributed by atoms with E-state index in [9.17, 15) is 18.0 Å². The van der Waals surface area contributed by atoms with Crippen molar-refractivity contribution in [2.24, 2.45) is 0 Å². The van der Waals surface area contributed by atoms with Gasteiger partial charge in [0, 0.05) is 19.0 Å². The zero-order valence-electron chi connectivity index (χ0n) is 8.76. The van der Waals surface area contributed by atoms with Gasteiger partial charge in [-0.25, -0.2) is 0 Å². The molecule has 16 heavy (non-hydrogen) atoms. The molecule has 0 aromatic heterocycles. The Morgan fingerprint density at radius 1 is 1.44 bits per heavy atom. The Balaban J connectivity index is 2.39. The van der Waals surface area contributed by atoms with Gasteiger partial charge in [-0.2, -0.15) is 18.4 Å². The summed E-state index contributed by atoms with van der Waals surface area (Å²) in [6.45, 7) is 0.248. The van der Waals surface area contributed by atoms with Gasteiger partial charge < -0.3 is 4.90 Å². The molecule has 1 aliphatic rings. The number of carbonyl (C=O) groups excluding carboxylic acids is 1. The third-order valence-corrected chi connectivity index (χ3v) is 2.39. The number of amides is 1. The van der Waals surface area contributed by atoms with Crippen LogP contribution in [0.2, 0.25) is 0 Å². The first-order valence-corrected chi connectivity index (χ1v) is 5.17. The highest BCUT2D eigenvalue weighted by Gasteiger charge is 2.34. The van der Waals surface area contributed by atoms with E-state index in [-0.39, 0.29) is 19.0 Å². The molecule has 1 aliphatic carbocycles. The molecule has 0 aromatic carbocycles.